The fourth-order valence-electron chi connectivity index (χ4n) is 3.90. The predicted octanol–water partition coefficient (Wildman–Crippen LogP) is 4.33. The van der Waals surface area contributed by atoms with Crippen molar-refractivity contribution in [2.75, 3.05) is 0 Å². The van der Waals surface area contributed by atoms with Crippen LogP contribution in [-0.4, -0.2) is 36.6 Å². The number of aryl methyl sites for hydroxylation is 1. The van der Waals surface area contributed by atoms with Crippen molar-refractivity contribution in [1.82, 2.24) is 0 Å². The summed E-state index contributed by atoms with van der Waals surface area (Å²) >= 11 is 0. The molecule has 0 fully saturated rings. The largest absolute Gasteiger partial charge is 0 e. The molecule has 0 bridgehead atoms. The molecule has 0 saturated carbocycles. The second-order valence-electron chi connectivity index (χ2n) is 7.61. The first-order valence-corrected chi connectivity index (χ1v) is 11.7. The summed E-state index contributed by atoms with van der Waals surface area (Å²) in [6, 6.07) is 10.5. The van der Waals surface area contributed by atoms with Gasteiger partial charge in [0, 0.05) is 33.6 Å². The van der Waals surface area contributed by atoms with Gasteiger partial charge in [-0.3, -0.25) is 0 Å². The number of rotatable bonds is 5. The molecule has 1 aromatic rings. The zero-order valence-corrected chi connectivity index (χ0v) is 24.9. The summed E-state index contributed by atoms with van der Waals surface area (Å²) in [7, 11) is 0. The molecule has 2 radical (unpaired) electrons. The van der Waals surface area contributed by atoms with E-state index in [9.17, 15) is 0 Å². The fourth-order valence-corrected chi connectivity index (χ4v) is 3.90. The monoisotopic (exact) mass is 674 g/mol. The molecule has 0 aliphatic carbocycles. The van der Waals surface area contributed by atoms with E-state index in [1.807, 2.05) is 18.2 Å². The van der Waals surface area contributed by atoms with Crippen LogP contribution < -0.4 is 0 Å². The van der Waals surface area contributed by atoms with Gasteiger partial charge in [0.1, 0.15) is 24.4 Å². The zero-order chi connectivity index (χ0) is 31.9. The van der Waals surface area contributed by atoms with Gasteiger partial charge >= 0.3 is 67.8 Å². The molecule has 3 aliphatic rings. The molecule has 0 amide bonds. The minimum atomic E-state index is -0.145. The summed E-state index contributed by atoms with van der Waals surface area (Å²) in [6.45, 7) is 30.8. The van der Waals surface area contributed by atoms with E-state index < -0.39 is 0 Å². The molecule has 43 heavy (non-hydrogen) atoms. The van der Waals surface area contributed by atoms with E-state index in [0.29, 0.717) is 0 Å². The number of hydrogen-bond acceptors (Lipinski definition) is 3. The molecular formula is C32H28Co2O9. The van der Waals surface area contributed by atoms with Crippen molar-refractivity contribution in [3.05, 3.63) is 125 Å². The van der Waals surface area contributed by atoms with Crippen LogP contribution in [-0.2, 0) is 82.1 Å². The van der Waals surface area contributed by atoms with Gasteiger partial charge < -0.3 is 14.2 Å². The normalized spacial score (nSPS) is 23.3. The molecule has 11 heteroatoms. The zero-order valence-electron chi connectivity index (χ0n) is 22.8. The van der Waals surface area contributed by atoms with Crippen molar-refractivity contribution in [1.29, 1.82) is 0 Å². The topological polar surface area (TPSA) is 147 Å². The minimum absolute atomic E-state index is 0. The molecule has 0 aromatic heterocycles. The minimum Gasteiger partial charge on any atom is 0 e. The van der Waals surface area contributed by atoms with Crippen molar-refractivity contribution in [2.45, 2.75) is 62.3 Å². The van der Waals surface area contributed by atoms with E-state index in [1.165, 1.54) is 5.56 Å². The maximum atomic E-state index is 7.50. The summed E-state index contributed by atoms with van der Waals surface area (Å²) < 4.78 is 64.0. The maximum absolute atomic E-state index is 7.50. The standard InChI is InChI=1S/C26H28O3.6CO.2Co/c1-2-9-21-16-17-26-25(27-21)19-18-24-23(29-26)13-8-4-7-12-22(28-24)15-14-20-10-5-3-6-11-20;6*1-2;;/h2-6,8,10-11,16-19,21-26H,1,9,13-15H2;;;;;;;;/b8-4-;;;;;;;;/t21-,22+,23-,24+,25-,26+;;;;;;;;/m1......../s1. The SMILES string of the molecule is C=CC[C@@H]1C=C[C@@H]2O[C@@H]3C/C=C\C#C[C@@H](CCc4ccccc4)O[C@H]3C=C[C@H]2O1.[C-]#[O+].[C-]#[O+].[C-]#[O+].[C-]#[O+].[C-]#[O+].[C-]#[O+].[Co].[Co]. The third kappa shape index (κ3) is 20.6. The van der Waals surface area contributed by atoms with Crippen molar-refractivity contribution in [3.63, 3.8) is 0 Å². The first kappa shape index (κ1) is 49.7. The number of ether oxygens (including phenoxy) is 3. The molecule has 9 nitrogen and oxygen atoms in total. The molecule has 0 unspecified atom stereocenters. The summed E-state index contributed by atoms with van der Waals surface area (Å²) in [6.07, 6.45) is 17.2. The van der Waals surface area contributed by atoms with E-state index in [1.54, 1.807) is 0 Å². The van der Waals surface area contributed by atoms with Crippen LogP contribution in [0.3, 0.4) is 0 Å². The number of fused-ring (bicyclic) bond motifs is 2. The molecule has 0 spiro atoms. The van der Waals surface area contributed by atoms with Crippen molar-refractivity contribution >= 4 is 0 Å². The fraction of sp³-hybridized carbons (Fsp3) is 0.312. The van der Waals surface area contributed by atoms with E-state index in [-0.39, 0.29) is 70.2 Å². The molecule has 3 heterocycles. The first-order chi connectivity index (χ1) is 20.3. The van der Waals surface area contributed by atoms with E-state index in [2.05, 4.69) is 113 Å². The van der Waals surface area contributed by atoms with Crippen molar-refractivity contribution in [2.24, 2.45) is 0 Å². The average Bonchev–Trinajstić information content (AvgIpc) is 3.17. The van der Waals surface area contributed by atoms with Crippen LogP contribution in [0.4, 0.5) is 0 Å². The molecular weight excluding hydrogens is 646 g/mol. The maximum Gasteiger partial charge on any atom is 0 e. The van der Waals surface area contributed by atoms with Crippen LogP contribution in [0.2, 0.25) is 0 Å². The Kier molecular flexibility index (Phi) is 42.9. The molecule has 4 rings (SSSR count). The van der Waals surface area contributed by atoms with E-state index >= 15 is 0 Å². The second-order valence-corrected chi connectivity index (χ2v) is 7.61. The quantitative estimate of drug-likeness (QED) is 0.198. The predicted molar refractivity (Wildman–Crippen MR) is 139 cm³/mol. The molecule has 228 valence electrons. The Labute approximate surface area is 273 Å². The summed E-state index contributed by atoms with van der Waals surface area (Å²) in [5.74, 6) is 6.40. The summed E-state index contributed by atoms with van der Waals surface area (Å²) in [4.78, 5) is 0. The Balaban J connectivity index is -0.000000308. The molecule has 1 aromatic carbocycles. The van der Waals surface area contributed by atoms with Crippen LogP contribution in [0.1, 0.15) is 24.8 Å². The van der Waals surface area contributed by atoms with Crippen LogP contribution >= 0.6 is 0 Å². The Morgan fingerprint density at radius 2 is 1.28 bits per heavy atom. The second kappa shape index (κ2) is 37.1. The van der Waals surface area contributed by atoms with Gasteiger partial charge in [0.15, 0.2) is 0 Å². The molecule has 3 aliphatic heterocycles. The molecule has 0 N–H and O–H groups in total. The van der Waals surface area contributed by atoms with Gasteiger partial charge in [0.2, 0.25) is 0 Å². The third-order valence-electron chi connectivity index (χ3n) is 5.43. The van der Waals surface area contributed by atoms with Gasteiger partial charge in [0.25, 0.3) is 0 Å². The smallest absolute Gasteiger partial charge is 0 e. The average molecular weight is 674 g/mol. The molecule has 6 atom stereocenters. The Morgan fingerprint density at radius 1 is 0.744 bits per heavy atom. The molecule has 0 saturated heterocycles. The third-order valence-corrected chi connectivity index (χ3v) is 5.43. The summed E-state index contributed by atoms with van der Waals surface area (Å²) in [5, 5.41) is 0. The van der Waals surface area contributed by atoms with Gasteiger partial charge in [-0.15, -0.1) is 6.58 Å². The van der Waals surface area contributed by atoms with Crippen LogP contribution in [0.25, 0.3) is 0 Å². The first-order valence-electron chi connectivity index (χ1n) is 11.7. The van der Waals surface area contributed by atoms with Gasteiger partial charge in [-0.05, 0) is 37.3 Å². The Morgan fingerprint density at radius 3 is 1.86 bits per heavy atom. The van der Waals surface area contributed by atoms with Gasteiger partial charge in [-0.25, -0.2) is 0 Å². The van der Waals surface area contributed by atoms with Crippen LogP contribution in [0, 0.1) is 51.7 Å². The van der Waals surface area contributed by atoms with E-state index in [0.717, 1.165) is 25.7 Å². The number of hydrogen-bond donors (Lipinski definition) is 0. The Hall–Kier alpha value is -2.93. The van der Waals surface area contributed by atoms with Crippen LogP contribution in [0.15, 0.2) is 79.4 Å². The summed E-state index contributed by atoms with van der Waals surface area (Å²) in [5.41, 5.74) is 1.30. The van der Waals surface area contributed by atoms with Gasteiger partial charge in [-0.2, -0.15) is 0 Å². The van der Waals surface area contributed by atoms with E-state index in [4.69, 9.17) is 42.1 Å². The van der Waals surface area contributed by atoms with Gasteiger partial charge in [-0.1, -0.05) is 78.6 Å². The number of allylic oxidation sites excluding steroid dienone is 1. The Bertz CT molecular complexity index is 1060. The van der Waals surface area contributed by atoms with Crippen molar-refractivity contribution in [3.8, 4) is 11.8 Å². The van der Waals surface area contributed by atoms with Crippen molar-refractivity contribution < 1.29 is 75.7 Å². The number of benzene rings is 1. The van der Waals surface area contributed by atoms with Crippen LogP contribution in [0.5, 0.6) is 0 Å². The van der Waals surface area contributed by atoms with Gasteiger partial charge in [0.05, 0.1) is 12.2 Å².